The monoisotopic (exact) mass is 239 g/mol. The first-order chi connectivity index (χ1) is 7.65. The van der Waals surface area contributed by atoms with E-state index in [4.69, 9.17) is 0 Å². The maximum Gasteiger partial charge on any atom is 0.0555 e. The summed E-state index contributed by atoms with van der Waals surface area (Å²) < 4.78 is 0. The Morgan fingerprint density at radius 2 is 2.25 bits per heavy atom. The zero-order valence-corrected chi connectivity index (χ0v) is 10.9. The molecule has 2 rings (SSSR count). The second kappa shape index (κ2) is 5.30. The minimum Gasteiger partial charge on any atom is -0.393 e. The van der Waals surface area contributed by atoms with Crippen molar-refractivity contribution in [1.82, 2.24) is 5.32 Å². The molecule has 1 aliphatic rings. The Balaban J connectivity index is 1.85. The van der Waals surface area contributed by atoms with Crippen molar-refractivity contribution in [3.05, 3.63) is 21.4 Å². The first-order valence-electron chi connectivity index (χ1n) is 6.12. The number of aliphatic hydroxyl groups is 1. The zero-order chi connectivity index (χ0) is 11.5. The van der Waals surface area contributed by atoms with Crippen molar-refractivity contribution in [2.75, 3.05) is 0 Å². The molecule has 1 fully saturated rings. The van der Waals surface area contributed by atoms with Gasteiger partial charge >= 0.3 is 0 Å². The minimum absolute atomic E-state index is 0.0865. The van der Waals surface area contributed by atoms with E-state index in [1.807, 2.05) is 11.3 Å². The molecule has 16 heavy (non-hydrogen) atoms. The van der Waals surface area contributed by atoms with Gasteiger partial charge in [-0.3, -0.25) is 0 Å². The quantitative estimate of drug-likeness (QED) is 0.850. The summed E-state index contributed by atoms with van der Waals surface area (Å²) in [6, 6.07) is 2.77. The maximum atomic E-state index is 9.60. The Kier molecular flexibility index (Phi) is 4.00. The summed E-state index contributed by atoms with van der Waals surface area (Å²) in [4.78, 5) is 2.80. The first-order valence-corrected chi connectivity index (χ1v) is 6.94. The van der Waals surface area contributed by atoms with Crippen molar-refractivity contribution in [2.24, 2.45) is 0 Å². The second-order valence-corrected chi connectivity index (χ2v) is 6.30. The van der Waals surface area contributed by atoms with E-state index in [0.29, 0.717) is 6.04 Å². The van der Waals surface area contributed by atoms with Gasteiger partial charge in [0.15, 0.2) is 0 Å². The van der Waals surface area contributed by atoms with E-state index in [9.17, 15) is 5.11 Å². The molecule has 1 aromatic heterocycles. The Labute approximate surface area is 102 Å². The van der Waals surface area contributed by atoms with Crippen LogP contribution in [0.2, 0.25) is 0 Å². The first kappa shape index (κ1) is 12.1. The Bertz CT molecular complexity index is 348. The lowest BCUT2D eigenvalue weighted by Gasteiger charge is -2.26. The van der Waals surface area contributed by atoms with E-state index >= 15 is 0 Å². The summed E-state index contributed by atoms with van der Waals surface area (Å²) >= 11 is 1.87. The van der Waals surface area contributed by atoms with Crippen LogP contribution in [0.5, 0.6) is 0 Å². The molecule has 2 N–H and O–H groups in total. The van der Waals surface area contributed by atoms with Crippen LogP contribution in [-0.4, -0.2) is 17.3 Å². The van der Waals surface area contributed by atoms with Crippen molar-refractivity contribution in [3.63, 3.8) is 0 Å². The molecule has 0 amide bonds. The van der Waals surface area contributed by atoms with Crippen LogP contribution in [0.4, 0.5) is 0 Å². The van der Waals surface area contributed by atoms with Crippen molar-refractivity contribution in [3.8, 4) is 0 Å². The fraction of sp³-hybridized carbons (Fsp3) is 0.692. The van der Waals surface area contributed by atoms with E-state index in [1.165, 1.54) is 21.7 Å². The molecular weight excluding hydrogens is 218 g/mol. The van der Waals surface area contributed by atoms with Crippen molar-refractivity contribution in [1.29, 1.82) is 0 Å². The summed E-state index contributed by atoms with van der Waals surface area (Å²) in [5.74, 6) is 0. The van der Waals surface area contributed by atoms with E-state index in [1.54, 1.807) is 0 Å². The van der Waals surface area contributed by atoms with Crippen LogP contribution in [0.15, 0.2) is 6.07 Å². The van der Waals surface area contributed by atoms with Gasteiger partial charge in [0.05, 0.1) is 6.10 Å². The third-order valence-electron chi connectivity index (χ3n) is 3.37. The Morgan fingerprint density at radius 1 is 1.44 bits per heavy atom. The average molecular weight is 239 g/mol. The third kappa shape index (κ3) is 3.06. The zero-order valence-electron chi connectivity index (χ0n) is 10.1. The molecular formula is C13H21NOS. The number of nitrogens with one attached hydrogen (secondary N) is 1. The lowest BCUT2D eigenvalue weighted by molar-refractivity contribution is 0.111. The van der Waals surface area contributed by atoms with Gasteiger partial charge in [-0.2, -0.15) is 0 Å². The summed E-state index contributed by atoms with van der Waals surface area (Å²) in [5, 5.41) is 13.2. The predicted octanol–water partition coefficient (Wildman–Crippen LogP) is 2.76. The SMILES string of the molecule is Cc1cc(CNC2CCCC(O)C2)c(C)s1. The van der Waals surface area contributed by atoms with Gasteiger partial charge in [0, 0.05) is 22.3 Å². The van der Waals surface area contributed by atoms with Crippen LogP contribution >= 0.6 is 11.3 Å². The van der Waals surface area contributed by atoms with Crippen LogP contribution in [0, 0.1) is 13.8 Å². The molecule has 2 unspecified atom stereocenters. The fourth-order valence-corrected chi connectivity index (χ4v) is 3.41. The molecule has 3 heteroatoms. The lowest BCUT2D eigenvalue weighted by Crippen LogP contribution is -2.35. The van der Waals surface area contributed by atoms with Crippen molar-refractivity contribution < 1.29 is 5.11 Å². The van der Waals surface area contributed by atoms with Crippen molar-refractivity contribution >= 4 is 11.3 Å². The van der Waals surface area contributed by atoms with Gasteiger partial charge < -0.3 is 10.4 Å². The highest BCUT2D eigenvalue weighted by atomic mass is 32.1. The molecule has 1 saturated carbocycles. The summed E-state index contributed by atoms with van der Waals surface area (Å²) in [6.45, 7) is 5.30. The molecule has 1 aliphatic carbocycles. The van der Waals surface area contributed by atoms with Crippen LogP contribution in [-0.2, 0) is 6.54 Å². The molecule has 1 heterocycles. The predicted molar refractivity (Wildman–Crippen MR) is 68.9 cm³/mol. The highest BCUT2D eigenvalue weighted by Crippen LogP contribution is 2.22. The summed E-state index contributed by atoms with van der Waals surface area (Å²) in [5.41, 5.74) is 1.42. The highest BCUT2D eigenvalue weighted by molar-refractivity contribution is 7.12. The topological polar surface area (TPSA) is 32.3 Å². The lowest BCUT2D eigenvalue weighted by atomic mass is 9.93. The molecule has 2 atom stereocenters. The van der Waals surface area contributed by atoms with Gasteiger partial charge in [0.25, 0.3) is 0 Å². The Hall–Kier alpha value is -0.380. The van der Waals surface area contributed by atoms with Gasteiger partial charge in [0.2, 0.25) is 0 Å². The number of hydrogen-bond donors (Lipinski definition) is 2. The number of thiophene rings is 1. The molecule has 0 bridgehead atoms. The number of aryl methyl sites for hydroxylation is 2. The van der Waals surface area contributed by atoms with Gasteiger partial charge in [0.1, 0.15) is 0 Å². The van der Waals surface area contributed by atoms with Crippen LogP contribution in [0.3, 0.4) is 0 Å². The van der Waals surface area contributed by atoms with Gasteiger partial charge in [-0.05, 0) is 51.2 Å². The molecule has 0 spiro atoms. The minimum atomic E-state index is -0.0865. The molecule has 0 aromatic carbocycles. The van der Waals surface area contributed by atoms with E-state index < -0.39 is 0 Å². The Morgan fingerprint density at radius 3 is 2.88 bits per heavy atom. The van der Waals surface area contributed by atoms with Crippen LogP contribution < -0.4 is 5.32 Å². The van der Waals surface area contributed by atoms with Crippen LogP contribution in [0.1, 0.15) is 41.0 Å². The van der Waals surface area contributed by atoms with Gasteiger partial charge in [-0.25, -0.2) is 0 Å². The van der Waals surface area contributed by atoms with E-state index in [0.717, 1.165) is 25.8 Å². The second-order valence-electron chi connectivity index (χ2n) is 4.84. The van der Waals surface area contributed by atoms with Gasteiger partial charge in [-0.15, -0.1) is 11.3 Å². The fourth-order valence-electron chi connectivity index (χ4n) is 2.46. The number of rotatable bonds is 3. The van der Waals surface area contributed by atoms with Crippen molar-refractivity contribution in [2.45, 2.75) is 58.2 Å². The van der Waals surface area contributed by atoms with Gasteiger partial charge in [-0.1, -0.05) is 0 Å². The largest absolute Gasteiger partial charge is 0.393 e. The standard InChI is InChI=1S/C13H21NOS/c1-9-6-11(10(2)16-9)8-14-12-4-3-5-13(15)7-12/h6,12-15H,3-5,7-8H2,1-2H3. The van der Waals surface area contributed by atoms with Crippen LogP contribution in [0.25, 0.3) is 0 Å². The molecule has 1 aromatic rings. The third-order valence-corrected chi connectivity index (χ3v) is 4.38. The molecule has 0 aliphatic heterocycles. The maximum absolute atomic E-state index is 9.60. The molecule has 0 saturated heterocycles. The normalized spacial score (nSPS) is 25.9. The number of aliphatic hydroxyl groups excluding tert-OH is 1. The molecule has 2 nitrogen and oxygen atoms in total. The van der Waals surface area contributed by atoms with E-state index in [-0.39, 0.29) is 6.10 Å². The molecule has 90 valence electrons. The summed E-state index contributed by atoms with van der Waals surface area (Å²) in [6.07, 6.45) is 4.17. The number of hydrogen-bond acceptors (Lipinski definition) is 3. The molecule has 0 radical (unpaired) electrons. The smallest absolute Gasteiger partial charge is 0.0555 e. The summed E-state index contributed by atoms with van der Waals surface area (Å²) in [7, 11) is 0. The van der Waals surface area contributed by atoms with E-state index in [2.05, 4.69) is 25.2 Å². The highest BCUT2D eigenvalue weighted by Gasteiger charge is 2.19. The average Bonchev–Trinajstić information content (AvgIpc) is 2.54.